The van der Waals surface area contributed by atoms with E-state index >= 15 is 0 Å². The first-order valence-electron chi connectivity index (χ1n) is 11.9. The lowest BCUT2D eigenvalue weighted by Gasteiger charge is -2.22. The number of hydrogen-bond acceptors (Lipinski definition) is 6. The Hall–Kier alpha value is -3.23. The van der Waals surface area contributed by atoms with Crippen molar-refractivity contribution in [2.75, 3.05) is 45.8 Å². The van der Waals surface area contributed by atoms with Crippen LogP contribution in [0, 0.1) is 5.41 Å². The highest BCUT2D eigenvalue weighted by atomic mass is 16.6. The van der Waals surface area contributed by atoms with Gasteiger partial charge in [0.05, 0.1) is 12.3 Å². The van der Waals surface area contributed by atoms with E-state index in [1.54, 1.807) is 0 Å². The smallest absolute Gasteiger partial charge is 0.317 e. The van der Waals surface area contributed by atoms with E-state index in [9.17, 15) is 4.79 Å². The Balaban J connectivity index is 1.21. The summed E-state index contributed by atoms with van der Waals surface area (Å²) in [7, 11) is 0. The first-order valence-corrected chi connectivity index (χ1v) is 11.9. The summed E-state index contributed by atoms with van der Waals surface area (Å²) < 4.78 is 0. The monoisotopic (exact) mass is 463 g/mol. The van der Waals surface area contributed by atoms with Gasteiger partial charge in [0.15, 0.2) is 0 Å². The van der Waals surface area contributed by atoms with Crippen molar-refractivity contribution in [3.8, 4) is 0 Å². The molecule has 0 bridgehead atoms. The van der Waals surface area contributed by atoms with Gasteiger partial charge >= 0.3 is 5.97 Å². The third kappa shape index (κ3) is 6.88. The molecule has 8 heteroatoms. The Kier molecular flexibility index (Phi) is 8.27. The molecule has 1 fully saturated rings. The van der Waals surface area contributed by atoms with Crippen LogP contribution in [0.3, 0.4) is 0 Å². The fraction of sp³-hybridized carbons (Fsp3) is 0.423. The number of nitrogens with zero attached hydrogens (tertiary/aromatic N) is 3. The maximum absolute atomic E-state index is 11.0. The minimum absolute atomic E-state index is 0.0126. The van der Waals surface area contributed by atoms with Crippen molar-refractivity contribution in [3.05, 3.63) is 71.3 Å². The Morgan fingerprint density at radius 1 is 1.06 bits per heavy atom. The van der Waals surface area contributed by atoms with Crippen molar-refractivity contribution < 1.29 is 14.7 Å². The van der Waals surface area contributed by atoms with Gasteiger partial charge in [0.1, 0.15) is 11.9 Å². The summed E-state index contributed by atoms with van der Waals surface area (Å²) in [5.41, 5.74) is 4.06. The van der Waals surface area contributed by atoms with E-state index in [0.29, 0.717) is 5.84 Å². The number of rotatable bonds is 9. The molecule has 34 heavy (non-hydrogen) atoms. The maximum Gasteiger partial charge on any atom is 0.317 e. The normalized spacial score (nSPS) is 19.2. The largest absolute Gasteiger partial charge is 0.480 e. The molecule has 3 N–H and O–H groups in total. The molecule has 2 aromatic carbocycles. The van der Waals surface area contributed by atoms with Gasteiger partial charge in [-0.2, -0.15) is 0 Å². The van der Waals surface area contributed by atoms with Crippen molar-refractivity contribution in [1.29, 1.82) is 5.41 Å². The molecule has 0 radical (unpaired) electrons. The van der Waals surface area contributed by atoms with Gasteiger partial charge in [0.25, 0.3) is 0 Å². The van der Waals surface area contributed by atoms with Gasteiger partial charge in [-0.25, -0.2) is 0 Å². The molecular weight excluding hydrogens is 430 g/mol. The summed E-state index contributed by atoms with van der Waals surface area (Å²) in [6, 6.07) is 18.2. The number of carbonyl (C=O) groups is 1. The van der Waals surface area contributed by atoms with E-state index in [0.717, 1.165) is 75.4 Å². The zero-order valence-corrected chi connectivity index (χ0v) is 19.4. The van der Waals surface area contributed by atoms with Crippen LogP contribution < -0.4 is 5.32 Å². The molecule has 0 amide bonds. The second kappa shape index (κ2) is 11.8. The van der Waals surface area contributed by atoms with Crippen LogP contribution in [0.1, 0.15) is 29.5 Å². The third-order valence-electron chi connectivity index (χ3n) is 6.30. The number of carboxylic acid groups (broad SMARTS) is 1. The summed E-state index contributed by atoms with van der Waals surface area (Å²) in [6.07, 6.45) is 2.60. The summed E-state index contributed by atoms with van der Waals surface area (Å²) in [5.74, 6) is -0.349. The molecule has 4 rings (SSSR count). The SMILES string of the molecule is N=C(NCCc1ccccc1)c1ccc(C2=NOC(CN3CCCN(CC(=O)O)CC3)C2)cc1. The van der Waals surface area contributed by atoms with Gasteiger partial charge < -0.3 is 15.3 Å². The Labute approximate surface area is 200 Å². The highest BCUT2D eigenvalue weighted by Gasteiger charge is 2.26. The van der Waals surface area contributed by atoms with Crippen molar-refractivity contribution >= 4 is 17.5 Å². The zero-order valence-electron chi connectivity index (χ0n) is 19.4. The highest BCUT2D eigenvalue weighted by molar-refractivity contribution is 6.02. The van der Waals surface area contributed by atoms with Crippen LogP contribution >= 0.6 is 0 Å². The Bertz CT molecular complexity index is 993. The molecule has 2 aliphatic heterocycles. The van der Waals surface area contributed by atoms with Crippen molar-refractivity contribution in [3.63, 3.8) is 0 Å². The summed E-state index contributed by atoms with van der Waals surface area (Å²) in [4.78, 5) is 21.0. The first kappa shape index (κ1) is 23.9. The Morgan fingerprint density at radius 2 is 1.79 bits per heavy atom. The zero-order chi connectivity index (χ0) is 23.8. The molecule has 0 aromatic heterocycles. The van der Waals surface area contributed by atoms with Gasteiger partial charge in [-0.3, -0.25) is 20.0 Å². The topological polar surface area (TPSA) is 101 Å². The lowest BCUT2D eigenvalue weighted by molar-refractivity contribution is -0.138. The number of amidine groups is 1. The number of carboxylic acids is 1. The number of oxime groups is 1. The van der Waals surface area contributed by atoms with Crippen LogP contribution in [0.4, 0.5) is 0 Å². The number of benzene rings is 2. The fourth-order valence-corrected chi connectivity index (χ4v) is 4.45. The number of hydrogen-bond donors (Lipinski definition) is 3. The highest BCUT2D eigenvalue weighted by Crippen LogP contribution is 2.19. The molecule has 2 aliphatic rings. The van der Waals surface area contributed by atoms with Crippen molar-refractivity contribution in [2.45, 2.75) is 25.4 Å². The molecule has 1 unspecified atom stereocenters. The molecule has 0 saturated carbocycles. The minimum Gasteiger partial charge on any atom is -0.480 e. The molecule has 2 heterocycles. The van der Waals surface area contributed by atoms with Crippen LogP contribution in [0.2, 0.25) is 0 Å². The second-order valence-electron chi connectivity index (χ2n) is 8.91. The van der Waals surface area contributed by atoms with E-state index in [-0.39, 0.29) is 12.6 Å². The fourth-order valence-electron chi connectivity index (χ4n) is 4.45. The van der Waals surface area contributed by atoms with E-state index in [4.69, 9.17) is 15.4 Å². The maximum atomic E-state index is 11.0. The van der Waals surface area contributed by atoms with Gasteiger partial charge in [-0.1, -0.05) is 59.8 Å². The lowest BCUT2D eigenvalue weighted by Crippen LogP contribution is -2.37. The number of nitrogens with one attached hydrogen (secondary N) is 2. The minimum atomic E-state index is -0.769. The van der Waals surface area contributed by atoms with E-state index < -0.39 is 5.97 Å². The standard InChI is InChI=1S/C26H33N5O3/c27-26(28-12-11-20-5-2-1-3-6-20)22-9-7-21(8-10-22)24-17-23(34-29-24)18-30-13-4-14-31(16-15-30)19-25(32)33/h1-3,5-10,23H,4,11-19H2,(H2,27,28)(H,32,33). The average molecular weight is 464 g/mol. The Morgan fingerprint density at radius 3 is 2.56 bits per heavy atom. The molecule has 8 nitrogen and oxygen atoms in total. The average Bonchev–Trinajstić information content (AvgIpc) is 3.20. The lowest BCUT2D eigenvalue weighted by atomic mass is 10.0. The third-order valence-corrected chi connectivity index (χ3v) is 6.30. The second-order valence-corrected chi connectivity index (χ2v) is 8.91. The van der Waals surface area contributed by atoms with E-state index in [1.165, 1.54) is 5.56 Å². The molecule has 2 aromatic rings. The summed E-state index contributed by atoms with van der Waals surface area (Å²) in [6.45, 7) is 4.99. The molecular formula is C26H33N5O3. The molecule has 180 valence electrons. The summed E-state index contributed by atoms with van der Waals surface area (Å²) >= 11 is 0. The van der Waals surface area contributed by atoms with Crippen molar-refractivity contribution in [2.24, 2.45) is 5.16 Å². The predicted octanol–water partition coefficient (Wildman–Crippen LogP) is 2.43. The molecule has 1 saturated heterocycles. The predicted molar refractivity (Wildman–Crippen MR) is 133 cm³/mol. The van der Waals surface area contributed by atoms with E-state index in [2.05, 4.69) is 27.5 Å². The van der Waals surface area contributed by atoms with Crippen LogP contribution in [0.15, 0.2) is 59.8 Å². The van der Waals surface area contributed by atoms with Gasteiger partial charge in [-0.05, 0) is 30.5 Å². The van der Waals surface area contributed by atoms with Crippen LogP contribution in [0.25, 0.3) is 0 Å². The quantitative estimate of drug-likeness (QED) is 0.390. The van der Waals surface area contributed by atoms with Gasteiger partial charge in [-0.15, -0.1) is 0 Å². The van der Waals surface area contributed by atoms with Gasteiger partial charge in [0.2, 0.25) is 0 Å². The van der Waals surface area contributed by atoms with Crippen LogP contribution in [-0.2, 0) is 16.1 Å². The van der Waals surface area contributed by atoms with Crippen LogP contribution in [0.5, 0.6) is 0 Å². The van der Waals surface area contributed by atoms with Gasteiger partial charge in [0, 0.05) is 44.7 Å². The molecule has 0 aliphatic carbocycles. The van der Waals surface area contributed by atoms with Crippen molar-refractivity contribution in [1.82, 2.24) is 15.1 Å². The number of aliphatic carboxylic acids is 1. The van der Waals surface area contributed by atoms with E-state index in [1.807, 2.05) is 47.4 Å². The van der Waals surface area contributed by atoms with Crippen LogP contribution in [-0.4, -0.2) is 84.3 Å². The molecule has 0 spiro atoms. The molecule has 1 atom stereocenters. The summed E-state index contributed by atoms with van der Waals surface area (Å²) in [5, 5.41) is 24.8. The first-order chi connectivity index (χ1) is 16.6.